The van der Waals surface area contributed by atoms with Crippen LogP contribution in [0.15, 0.2) is 43.0 Å². The maximum atomic E-state index is 6.26. The largest absolute Gasteiger partial charge is 0.493 e. The first kappa shape index (κ1) is 13.8. The van der Waals surface area contributed by atoms with Gasteiger partial charge in [-0.3, -0.25) is 0 Å². The van der Waals surface area contributed by atoms with Gasteiger partial charge in [-0.2, -0.15) is 0 Å². The van der Waals surface area contributed by atoms with Gasteiger partial charge in [0.2, 0.25) is 0 Å². The van der Waals surface area contributed by atoms with Gasteiger partial charge in [0.1, 0.15) is 12.4 Å². The fraction of sp³-hybridized carbons (Fsp3) is 0.375. The van der Waals surface area contributed by atoms with Crippen LogP contribution in [0.4, 0.5) is 0 Å². The Balaban J connectivity index is 1.88. The smallest absolute Gasteiger partial charge is 0.162 e. The van der Waals surface area contributed by atoms with Crippen molar-refractivity contribution in [1.29, 1.82) is 0 Å². The van der Waals surface area contributed by atoms with E-state index >= 15 is 0 Å². The molecule has 0 amide bonds. The topological polar surface area (TPSA) is 56.3 Å². The molecule has 0 bridgehead atoms. The minimum Gasteiger partial charge on any atom is -0.493 e. The van der Waals surface area contributed by atoms with Crippen molar-refractivity contribution in [1.82, 2.24) is 15.3 Å². The van der Waals surface area contributed by atoms with E-state index < -0.39 is 0 Å². The molecule has 1 saturated heterocycles. The second-order valence-electron chi connectivity index (χ2n) is 5.11. The van der Waals surface area contributed by atoms with Crippen LogP contribution in [0.25, 0.3) is 0 Å². The third kappa shape index (κ3) is 3.13. The van der Waals surface area contributed by atoms with Crippen LogP contribution in [0, 0.1) is 5.92 Å². The fourth-order valence-corrected chi connectivity index (χ4v) is 2.68. The molecule has 2 unspecified atom stereocenters. The normalized spacial score (nSPS) is 19.2. The van der Waals surface area contributed by atoms with E-state index in [1.807, 2.05) is 36.7 Å². The zero-order chi connectivity index (χ0) is 14.5. The van der Waals surface area contributed by atoms with Gasteiger partial charge >= 0.3 is 0 Å². The summed E-state index contributed by atoms with van der Waals surface area (Å²) >= 11 is 0. The lowest BCUT2D eigenvalue weighted by atomic mass is 9.96. The first-order valence-electron chi connectivity index (χ1n) is 7.14. The Morgan fingerprint density at radius 3 is 2.62 bits per heavy atom. The van der Waals surface area contributed by atoms with Gasteiger partial charge in [-0.25, -0.2) is 9.97 Å². The highest BCUT2D eigenvalue weighted by molar-refractivity contribution is 5.40. The van der Waals surface area contributed by atoms with Gasteiger partial charge in [0.05, 0.1) is 7.11 Å². The molecule has 0 spiro atoms. The van der Waals surface area contributed by atoms with Crippen molar-refractivity contribution in [3.63, 3.8) is 0 Å². The van der Waals surface area contributed by atoms with Crippen LogP contribution in [0.1, 0.15) is 18.1 Å². The Morgan fingerprint density at radius 1 is 1.19 bits per heavy atom. The lowest BCUT2D eigenvalue weighted by molar-refractivity contribution is 0.138. The standard InChI is InChI=1S/C16H19N3O2/c1-20-14-4-2-3-5-15(14)21-16(12-6-7-17-8-12)13-9-18-11-19-10-13/h2-5,9-12,16-17H,6-8H2,1H3. The summed E-state index contributed by atoms with van der Waals surface area (Å²) in [6.45, 7) is 1.96. The van der Waals surface area contributed by atoms with Gasteiger partial charge in [0, 0.05) is 30.4 Å². The SMILES string of the molecule is COc1ccccc1OC(c1cncnc1)C1CCNC1. The van der Waals surface area contributed by atoms with Crippen molar-refractivity contribution in [2.45, 2.75) is 12.5 Å². The fourth-order valence-electron chi connectivity index (χ4n) is 2.68. The van der Waals surface area contributed by atoms with Crippen LogP contribution < -0.4 is 14.8 Å². The Kier molecular flexibility index (Phi) is 4.31. The summed E-state index contributed by atoms with van der Waals surface area (Å²) in [7, 11) is 1.65. The number of benzene rings is 1. The third-order valence-electron chi connectivity index (χ3n) is 3.76. The van der Waals surface area contributed by atoms with Crippen LogP contribution in [0.5, 0.6) is 11.5 Å². The number of hydrogen-bond donors (Lipinski definition) is 1. The molecule has 1 N–H and O–H groups in total. The number of rotatable bonds is 5. The Labute approximate surface area is 124 Å². The molecule has 1 aromatic carbocycles. The Hall–Kier alpha value is -2.14. The summed E-state index contributed by atoms with van der Waals surface area (Å²) < 4.78 is 11.6. The molecule has 5 nitrogen and oxygen atoms in total. The van der Waals surface area contributed by atoms with E-state index in [2.05, 4.69) is 15.3 Å². The minimum atomic E-state index is -0.0718. The summed E-state index contributed by atoms with van der Waals surface area (Å²) in [5, 5.41) is 3.38. The van der Waals surface area contributed by atoms with Crippen molar-refractivity contribution < 1.29 is 9.47 Å². The monoisotopic (exact) mass is 285 g/mol. The predicted octanol–water partition coefficient (Wildman–Crippen LogP) is 2.21. The number of aromatic nitrogens is 2. The molecule has 1 fully saturated rings. The van der Waals surface area contributed by atoms with E-state index in [4.69, 9.17) is 9.47 Å². The molecule has 0 aliphatic carbocycles. The first-order valence-corrected chi connectivity index (χ1v) is 7.14. The van der Waals surface area contributed by atoms with Gasteiger partial charge < -0.3 is 14.8 Å². The van der Waals surface area contributed by atoms with Gasteiger partial charge in [0.15, 0.2) is 11.5 Å². The van der Waals surface area contributed by atoms with E-state index in [0.29, 0.717) is 5.92 Å². The van der Waals surface area contributed by atoms with E-state index in [1.165, 1.54) is 6.33 Å². The predicted molar refractivity (Wildman–Crippen MR) is 79.4 cm³/mol. The van der Waals surface area contributed by atoms with Crippen molar-refractivity contribution in [3.8, 4) is 11.5 Å². The highest BCUT2D eigenvalue weighted by Gasteiger charge is 2.29. The number of ether oxygens (including phenoxy) is 2. The van der Waals surface area contributed by atoms with Crippen LogP contribution in [0.3, 0.4) is 0 Å². The highest BCUT2D eigenvalue weighted by atomic mass is 16.5. The maximum Gasteiger partial charge on any atom is 0.162 e. The van der Waals surface area contributed by atoms with Gasteiger partial charge in [0.25, 0.3) is 0 Å². The maximum absolute atomic E-state index is 6.26. The van der Waals surface area contributed by atoms with Crippen molar-refractivity contribution in [3.05, 3.63) is 48.5 Å². The number of nitrogens with one attached hydrogen (secondary N) is 1. The third-order valence-corrected chi connectivity index (χ3v) is 3.76. The van der Waals surface area contributed by atoms with Gasteiger partial charge in [-0.05, 0) is 25.1 Å². The average molecular weight is 285 g/mol. The summed E-state index contributed by atoms with van der Waals surface area (Å²) in [4.78, 5) is 8.24. The van der Waals surface area contributed by atoms with Gasteiger partial charge in [-0.1, -0.05) is 12.1 Å². The second kappa shape index (κ2) is 6.54. The molecule has 2 aromatic rings. The van der Waals surface area contributed by atoms with E-state index in [-0.39, 0.29) is 6.10 Å². The van der Waals surface area contributed by atoms with Crippen molar-refractivity contribution in [2.75, 3.05) is 20.2 Å². The molecular weight excluding hydrogens is 266 g/mol. The number of para-hydroxylation sites is 2. The highest BCUT2D eigenvalue weighted by Crippen LogP contribution is 2.35. The summed E-state index contributed by atoms with van der Waals surface area (Å²) in [6, 6.07) is 7.71. The van der Waals surface area contributed by atoms with E-state index in [0.717, 1.165) is 36.6 Å². The van der Waals surface area contributed by atoms with Crippen LogP contribution in [-0.4, -0.2) is 30.2 Å². The number of methoxy groups -OCH3 is 1. The van der Waals surface area contributed by atoms with Crippen LogP contribution >= 0.6 is 0 Å². The first-order chi connectivity index (χ1) is 10.4. The summed E-state index contributed by atoms with van der Waals surface area (Å²) in [5.74, 6) is 1.90. The molecule has 2 atom stereocenters. The number of nitrogens with zero attached hydrogens (tertiary/aromatic N) is 2. The molecule has 3 rings (SSSR count). The molecular formula is C16H19N3O2. The quantitative estimate of drug-likeness (QED) is 0.913. The molecule has 0 radical (unpaired) electrons. The summed E-state index contributed by atoms with van der Waals surface area (Å²) in [5.41, 5.74) is 0.997. The van der Waals surface area contributed by atoms with Gasteiger partial charge in [-0.15, -0.1) is 0 Å². The van der Waals surface area contributed by atoms with Crippen molar-refractivity contribution in [2.24, 2.45) is 5.92 Å². The van der Waals surface area contributed by atoms with Crippen molar-refractivity contribution >= 4 is 0 Å². The summed E-state index contributed by atoms with van der Waals surface area (Å²) in [6.07, 6.45) is 6.19. The lowest BCUT2D eigenvalue weighted by Crippen LogP contribution is -2.22. The Morgan fingerprint density at radius 2 is 1.95 bits per heavy atom. The van der Waals surface area contributed by atoms with E-state index in [1.54, 1.807) is 7.11 Å². The Bertz CT molecular complexity index is 571. The zero-order valence-electron chi connectivity index (χ0n) is 12.0. The molecule has 110 valence electrons. The number of hydrogen-bond acceptors (Lipinski definition) is 5. The molecule has 1 aliphatic rings. The zero-order valence-corrected chi connectivity index (χ0v) is 12.0. The second-order valence-corrected chi connectivity index (χ2v) is 5.11. The van der Waals surface area contributed by atoms with Crippen LogP contribution in [0.2, 0.25) is 0 Å². The van der Waals surface area contributed by atoms with Crippen LogP contribution in [-0.2, 0) is 0 Å². The molecule has 5 heteroatoms. The molecule has 1 aromatic heterocycles. The molecule has 2 heterocycles. The molecule has 0 saturated carbocycles. The lowest BCUT2D eigenvalue weighted by Gasteiger charge is -2.25. The van der Waals surface area contributed by atoms with E-state index in [9.17, 15) is 0 Å². The minimum absolute atomic E-state index is 0.0718. The average Bonchev–Trinajstić information content (AvgIpc) is 3.08. The molecule has 21 heavy (non-hydrogen) atoms. The molecule has 1 aliphatic heterocycles.